The number of amides is 3. The number of likely N-dealkylation sites (tertiary alicyclic amines) is 2. The third kappa shape index (κ3) is 21.6. The number of carboxylic acid groups (broad SMARTS) is 1. The van der Waals surface area contributed by atoms with Crippen LogP contribution in [0.2, 0.25) is 51.4 Å². The maximum atomic E-state index is 15.6. The first kappa shape index (κ1) is 75.0. The molecule has 4 saturated heterocycles. The molecule has 4 fully saturated rings. The van der Waals surface area contributed by atoms with Gasteiger partial charge in [0.15, 0.2) is 0 Å². The molecule has 4 aromatic heterocycles. The van der Waals surface area contributed by atoms with Crippen molar-refractivity contribution in [2.75, 3.05) is 86.4 Å². The summed E-state index contributed by atoms with van der Waals surface area (Å²) < 4.78 is 55.9. The molecule has 0 bridgehead atoms. The van der Waals surface area contributed by atoms with Crippen LogP contribution in [-0.4, -0.2) is 161 Å². The van der Waals surface area contributed by atoms with Gasteiger partial charge in [-0.3, -0.25) is 14.8 Å². The topological polar surface area (TPSA) is 238 Å². The lowest BCUT2D eigenvalue weighted by molar-refractivity contribution is -0.00116. The molecule has 4 N–H and O–H groups in total. The fraction of sp³-hybridized carbons (Fsp3) is 0.556. The van der Waals surface area contributed by atoms with Crippen LogP contribution in [0.3, 0.4) is 0 Å². The van der Waals surface area contributed by atoms with Gasteiger partial charge in [-0.25, -0.2) is 33.1 Å². The molecule has 21 nitrogen and oxygen atoms in total. The molecule has 10 rings (SSSR count). The van der Waals surface area contributed by atoms with Crippen molar-refractivity contribution in [3.8, 4) is 22.5 Å². The number of piperidine rings is 4. The average molecular weight is 1380 g/mol. The predicted molar refractivity (Wildman–Crippen MR) is 383 cm³/mol. The van der Waals surface area contributed by atoms with E-state index in [2.05, 4.69) is 59.6 Å². The van der Waals surface area contributed by atoms with Crippen LogP contribution in [0.4, 0.5) is 41.1 Å². The van der Waals surface area contributed by atoms with Crippen LogP contribution in [0.15, 0.2) is 85.5 Å². The summed E-state index contributed by atoms with van der Waals surface area (Å²) in [5, 5.41) is 12.3. The van der Waals surface area contributed by atoms with Gasteiger partial charge in [0.2, 0.25) is 11.6 Å². The zero-order valence-electron chi connectivity index (χ0n) is 59.7. The highest BCUT2D eigenvalue weighted by atomic mass is 28.3. The number of para-hydroxylation sites is 2. The van der Waals surface area contributed by atoms with Gasteiger partial charge in [0.25, 0.3) is 5.91 Å². The maximum absolute atomic E-state index is 15.6. The van der Waals surface area contributed by atoms with E-state index in [4.69, 9.17) is 29.7 Å². The number of hydrogen-bond donors (Lipinski definition) is 3. The monoisotopic (exact) mass is 1370 g/mol. The van der Waals surface area contributed by atoms with Gasteiger partial charge in [-0.05, 0) is 178 Å². The number of aryl methyl sites for hydroxylation is 2. The van der Waals surface area contributed by atoms with Crippen molar-refractivity contribution in [1.29, 1.82) is 0 Å². The second kappa shape index (κ2) is 31.8. The molecular weight excluding hydrogens is 1270 g/mol. The molecule has 4 aliphatic heterocycles. The summed E-state index contributed by atoms with van der Waals surface area (Å²) in [6.07, 6.45) is 13.9. The molecule has 2 spiro atoms. The van der Waals surface area contributed by atoms with Crippen molar-refractivity contribution < 1.29 is 52.0 Å². The van der Waals surface area contributed by atoms with Crippen LogP contribution < -0.4 is 20.9 Å². The summed E-state index contributed by atoms with van der Waals surface area (Å²) >= 11 is 0. The van der Waals surface area contributed by atoms with Gasteiger partial charge < -0.3 is 63.8 Å². The van der Waals surface area contributed by atoms with Crippen LogP contribution in [0, 0.1) is 36.3 Å². The number of nitrogens with one attached hydrogen (secondary N) is 1. The Hall–Kier alpha value is -7.75. The molecule has 6 aromatic rings. The first-order valence-corrected chi connectivity index (χ1v) is 41.5. The second-order valence-corrected chi connectivity index (χ2v) is 42.2. The summed E-state index contributed by atoms with van der Waals surface area (Å²) in [6.45, 7) is 36.0. The van der Waals surface area contributed by atoms with Gasteiger partial charge >= 0.3 is 18.2 Å². The van der Waals surface area contributed by atoms with Crippen molar-refractivity contribution in [3.05, 3.63) is 120 Å². The van der Waals surface area contributed by atoms with Crippen LogP contribution in [0.1, 0.15) is 126 Å². The highest BCUT2D eigenvalue weighted by molar-refractivity contribution is 6.76. The highest BCUT2D eigenvalue weighted by Gasteiger charge is 2.43. The molecule has 4 aliphatic rings. The fourth-order valence-corrected chi connectivity index (χ4v) is 14.3. The number of nitrogens with zero attached hydrogens (tertiary/aromatic N) is 10. The molecule has 528 valence electrons. The number of hydrogen-bond acceptors (Lipinski definition) is 15. The minimum Gasteiger partial charge on any atom is -0.475 e. The first-order chi connectivity index (χ1) is 45.6. The lowest BCUT2D eigenvalue weighted by Crippen LogP contribution is -2.52. The van der Waals surface area contributed by atoms with E-state index >= 15 is 4.39 Å². The van der Waals surface area contributed by atoms with Gasteiger partial charge in [-0.15, -0.1) is 0 Å². The number of aromatic carboxylic acids is 1. The number of carbonyl (C=O) groups is 4. The Bertz CT molecular complexity index is 3650. The zero-order valence-corrected chi connectivity index (χ0v) is 61.7. The van der Waals surface area contributed by atoms with Crippen molar-refractivity contribution in [2.24, 2.45) is 10.8 Å². The highest BCUT2D eigenvalue weighted by Crippen LogP contribution is 2.45. The Morgan fingerprint density at radius 3 is 1.44 bits per heavy atom. The Labute approximate surface area is 573 Å². The third-order valence-corrected chi connectivity index (χ3v) is 21.4. The zero-order chi connectivity index (χ0) is 70.7. The molecule has 25 heteroatoms. The maximum Gasteiger partial charge on any atom is 0.410 e. The first-order valence-electron chi connectivity index (χ1n) is 34.1. The normalized spacial score (nSPS) is 16.5. The van der Waals surface area contributed by atoms with Gasteiger partial charge in [0.05, 0.1) is 34.1 Å². The molecular formula is C72H104F2N12O9Si2. The number of imidazole rings is 2. The molecule has 0 atom stereocenters. The number of rotatable bonds is 17. The van der Waals surface area contributed by atoms with Crippen LogP contribution in [0.5, 0.6) is 0 Å². The Kier molecular flexibility index (Phi) is 24.6. The van der Waals surface area contributed by atoms with Crippen molar-refractivity contribution >= 4 is 63.0 Å². The largest absolute Gasteiger partial charge is 0.475 e. The van der Waals surface area contributed by atoms with E-state index in [0.29, 0.717) is 73.5 Å². The predicted octanol–water partition coefficient (Wildman–Crippen LogP) is 14.9. The summed E-state index contributed by atoms with van der Waals surface area (Å²) in [5.41, 5.74) is 11.4. The Morgan fingerprint density at radius 2 is 1.02 bits per heavy atom. The summed E-state index contributed by atoms with van der Waals surface area (Å²) in [4.78, 5) is 75.6. The smallest absolute Gasteiger partial charge is 0.410 e. The van der Waals surface area contributed by atoms with Gasteiger partial charge in [0.1, 0.15) is 36.3 Å². The number of carbonyl (C=O) groups excluding carboxylic acids is 3. The van der Waals surface area contributed by atoms with Crippen LogP contribution in [-0.2, 0) is 32.4 Å². The van der Waals surface area contributed by atoms with Crippen LogP contribution >= 0.6 is 0 Å². The second-order valence-electron chi connectivity index (χ2n) is 31.0. The lowest BCUT2D eigenvalue weighted by Gasteiger charge is -2.48. The number of carboxylic acids is 1. The molecule has 97 heavy (non-hydrogen) atoms. The van der Waals surface area contributed by atoms with Crippen molar-refractivity contribution in [3.63, 3.8) is 0 Å². The number of halogens is 2. The van der Waals surface area contributed by atoms with Crippen molar-refractivity contribution in [2.45, 2.75) is 183 Å². The number of pyridine rings is 2. The summed E-state index contributed by atoms with van der Waals surface area (Å²) in [7, 11) is -2.45. The van der Waals surface area contributed by atoms with Crippen molar-refractivity contribution in [1.82, 2.24) is 38.9 Å². The number of benzene rings is 2. The fourth-order valence-electron chi connectivity index (χ4n) is 12.7. The van der Waals surface area contributed by atoms with E-state index < -0.39 is 45.0 Å². The number of nitrogen functional groups attached to an aromatic ring is 1. The van der Waals surface area contributed by atoms with E-state index in [0.717, 1.165) is 112 Å². The lowest BCUT2D eigenvalue weighted by atomic mass is 9.72. The Balaban J connectivity index is 0.000000206. The molecule has 2 aromatic carbocycles. The molecule has 0 aliphatic carbocycles. The Morgan fingerprint density at radius 1 is 0.598 bits per heavy atom. The third-order valence-electron chi connectivity index (χ3n) is 17.9. The quantitative estimate of drug-likeness (QED) is 0.0437. The molecule has 3 amide bonds. The minimum absolute atomic E-state index is 0.0116. The van der Waals surface area contributed by atoms with E-state index in [1.165, 1.54) is 16.7 Å². The minimum atomic E-state index is -1.29. The summed E-state index contributed by atoms with van der Waals surface area (Å²) in [5.74, 6) is -1.99. The summed E-state index contributed by atoms with van der Waals surface area (Å²) in [6, 6.07) is 19.1. The van der Waals surface area contributed by atoms with Crippen LogP contribution in [0.25, 0.3) is 22.5 Å². The van der Waals surface area contributed by atoms with Gasteiger partial charge in [0, 0.05) is 129 Å². The number of anilines is 4. The average Bonchev–Trinajstić information content (AvgIpc) is 1.65. The number of nitrogens with two attached hydrogens (primary N) is 1. The molecule has 0 radical (unpaired) electrons. The van der Waals surface area contributed by atoms with E-state index in [9.17, 15) is 28.7 Å². The molecule has 8 heterocycles. The number of ether oxygens (including phenoxy) is 4. The van der Waals surface area contributed by atoms with E-state index in [1.54, 1.807) is 47.4 Å². The number of aromatic nitrogens is 6. The SMILES string of the molecule is CC(C)(C)OC(=O)N1CCCC2(CCN(c3c(N)cccc3F)CC2)C1.Cc1cc(-c2cn(COCC[Si](C)(C)C)c(C(=O)Nc3cccc(F)c3N3CCC4(CCCN(C(=O)OC(C)(C)C)C4)CC3)n2)ccn1.Cc1cc(-c2cn(COCC[Si](C)(C)C)c(C(=O)O)n2)ccn1. The van der Waals surface area contributed by atoms with E-state index in [1.807, 2.05) is 105 Å². The van der Waals surface area contributed by atoms with Gasteiger partial charge in [-0.1, -0.05) is 51.4 Å². The molecule has 0 unspecified atom stereocenters. The standard InChI is InChI=1S/C36H51FN6O4Si.C20H30FN3O2.C16H23N3O3Si/c1-26-22-27(12-16-38-26)30-23-43(25-46-20-21-48(5,6)7)32(39-30)33(44)40-29-11-8-10-28(37)31(29)41-18-14-36(15-19-41)13-9-17-42(24-36)34(45)47-35(2,3)4;1-19(2,3)26-18(25)24-11-5-8-20(14-24)9-12-23(13-10-20)17-15(21)6-4-7-16(17)22;1-12-9-13(5-6-17-12)14-10-19(15(18-14)16(20)21)11-22-7-8-23(2,3)4/h8,10-12,16,22-23H,9,13-15,17-21,24-25H2,1-7H3,(H,40,44);4,6-7H,5,8-14,22H2,1-3H3;5-6,9-10H,7-8,11H2,1-4H3,(H,20,21). The molecule has 0 saturated carbocycles. The van der Waals surface area contributed by atoms with E-state index in [-0.39, 0.29) is 53.9 Å². The van der Waals surface area contributed by atoms with Gasteiger partial charge in [-0.2, -0.15) is 0 Å².